The van der Waals surface area contributed by atoms with Gasteiger partial charge < -0.3 is 10.0 Å². The lowest BCUT2D eigenvalue weighted by Gasteiger charge is -2.26. The van der Waals surface area contributed by atoms with Crippen molar-refractivity contribution in [2.45, 2.75) is 39.8 Å². The lowest BCUT2D eigenvalue weighted by atomic mass is 10.2. The molecule has 4 nitrogen and oxygen atoms in total. The molecule has 1 aliphatic rings. The van der Waals surface area contributed by atoms with Crippen LogP contribution in [0.4, 0.5) is 5.82 Å². The van der Waals surface area contributed by atoms with Gasteiger partial charge in [-0.25, -0.2) is 4.98 Å². The number of nitrogens with zero attached hydrogens (tertiary/aromatic N) is 3. The Hall–Kier alpha value is -1.13. The van der Waals surface area contributed by atoms with Crippen LogP contribution < -0.4 is 4.90 Å². The molecule has 1 aromatic heterocycles. The fourth-order valence-electron chi connectivity index (χ4n) is 2.96. The summed E-state index contributed by atoms with van der Waals surface area (Å²) in [7, 11) is 0. The van der Waals surface area contributed by atoms with Crippen molar-refractivity contribution in [2.75, 3.05) is 31.1 Å². The van der Waals surface area contributed by atoms with E-state index in [9.17, 15) is 5.11 Å². The van der Waals surface area contributed by atoms with Gasteiger partial charge in [0.15, 0.2) is 0 Å². The monoisotopic (exact) mass is 263 g/mol. The zero-order valence-corrected chi connectivity index (χ0v) is 12.3. The standard InChI is InChI=1S/C15H25N3O/c1-4-17(5-2)14-6-7-18(10-14)15-9-13(11-19)8-12(3)16-15/h8-9,14,19H,4-7,10-11H2,1-3H3. The molecule has 0 amide bonds. The Bertz CT molecular complexity index is 418. The van der Waals surface area contributed by atoms with Crippen LogP contribution in [-0.2, 0) is 6.61 Å². The van der Waals surface area contributed by atoms with Crippen LogP contribution in [0.25, 0.3) is 0 Å². The van der Waals surface area contributed by atoms with Crippen LogP contribution in [-0.4, -0.2) is 47.2 Å². The predicted molar refractivity (Wildman–Crippen MR) is 78.4 cm³/mol. The maximum Gasteiger partial charge on any atom is 0.129 e. The van der Waals surface area contributed by atoms with Gasteiger partial charge in [0.25, 0.3) is 0 Å². The summed E-state index contributed by atoms with van der Waals surface area (Å²) in [6, 6.07) is 4.59. The first-order chi connectivity index (χ1) is 9.17. The smallest absolute Gasteiger partial charge is 0.129 e. The number of aliphatic hydroxyl groups is 1. The van der Waals surface area contributed by atoms with E-state index >= 15 is 0 Å². The summed E-state index contributed by atoms with van der Waals surface area (Å²) in [5.74, 6) is 1.01. The summed E-state index contributed by atoms with van der Waals surface area (Å²) in [5, 5.41) is 9.29. The van der Waals surface area contributed by atoms with Gasteiger partial charge in [-0.2, -0.15) is 0 Å². The summed E-state index contributed by atoms with van der Waals surface area (Å²) in [6.45, 7) is 10.8. The maximum atomic E-state index is 9.29. The number of aryl methyl sites for hydroxylation is 1. The van der Waals surface area contributed by atoms with E-state index in [4.69, 9.17) is 0 Å². The normalized spacial score (nSPS) is 19.4. The lowest BCUT2D eigenvalue weighted by molar-refractivity contribution is 0.232. The molecule has 2 rings (SSSR count). The molecule has 0 bridgehead atoms. The summed E-state index contributed by atoms with van der Waals surface area (Å²) >= 11 is 0. The first kappa shape index (κ1) is 14.3. The fraction of sp³-hybridized carbons (Fsp3) is 0.667. The van der Waals surface area contributed by atoms with Crippen molar-refractivity contribution < 1.29 is 5.11 Å². The number of aliphatic hydroxyl groups excluding tert-OH is 1. The van der Waals surface area contributed by atoms with E-state index in [0.29, 0.717) is 6.04 Å². The molecule has 1 saturated heterocycles. The Morgan fingerprint density at radius 2 is 2.11 bits per heavy atom. The molecule has 0 radical (unpaired) electrons. The molecular formula is C15H25N3O. The topological polar surface area (TPSA) is 39.6 Å². The van der Waals surface area contributed by atoms with Gasteiger partial charge >= 0.3 is 0 Å². The van der Waals surface area contributed by atoms with Gasteiger partial charge in [0.1, 0.15) is 5.82 Å². The highest BCUT2D eigenvalue weighted by molar-refractivity contribution is 5.44. The SMILES string of the molecule is CCN(CC)C1CCN(c2cc(CO)cc(C)n2)C1. The van der Waals surface area contributed by atoms with Crippen LogP contribution in [0.2, 0.25) is 0 Å². The molecular weight excluding hydrogens is 238 g/mol. The highest BCUT2D eigenvalue weighted by Gasteiger charge is 2.27. The quantitative estimate of drug-likeness (QED) is 0.879. The first-order valence-corrected chi connectivity index (χ1v) is 7.25. The Morgan fingerprint density at radius 3 is 2.74 bits per heavy atom. The van der Waals surface area contributed by atoms with Gasteiger partial charge in [-0.3, -0.25) is 4.90 Å². The number of pyridine rings is 1. The number of likely N-dealkylation sites (N-methyl/N-ethyl adjacent to an activating group) is 1. The number of hydrogen-bond donors (Lipinski definition) is 1. The van der Waals surface area contributed by atoms with E-state index in [1.54, 1.807) is 0 Å². The average molecular weight is 263 g/mol. The minimum Gasteiger partial charge on any atom is -0.392 e. The zero-order valence-electron chi connectivity index (χ0n) is 12.3. The van der Waals surface area contributed by atoms with Gasteiger partial charge in [0.2, 0.25) is 0 Å². The van der Waals surface area contributed by atoms with Crippen molar-refractivity contribution in [1.82, 2.24) is 9.88 Å². The third-order valence-corrected chi connectivity index (χ3v) is 4.00. The summed E-state index contributed by atoms with van der Waals surface area (Å²) in [5.41, 5.74) is 1.93. The second-order valence-corrected chi connectivity index (χ2v) is 5.24. The van der Waals surface area contributed by atoms with Crippen molar-refractivity contribution in [3.05, 3.63) is 23.4 Å². The molecule has 0 spiro atoms. The molecule has 106 valence electrons. The molecule has 0 aromatic carbocycles. The van der Waals surface area contributed by atoms with Crippen LogP contribution >= 0.6 is 0 Å². The van der Waals surface area contributed by atoms with Crippen molar-refractivity contribution in [3.8, 4) is 0 Å². The molecule has 1 fully saturated rings. The van der Waals surface area contributed by atoms with Gasteiger partial charge in [0, 0.05) is 24.8 Å². The highest BCUT2D eigenvalue weighted by atomic mass is 16.3. The Balaban J connectivity index is 2.10. The summed E-state index contributed by atoms with van der Waals surface area (Å²) in [6.07, 6.45) is 1.20. The molecule has 2 heterocycles. The van der Waals surface area contributed by atoms with Crippen LogP contribution in [0, 0.1) is 6.92 Å². The van der Waals surface area contributed by atoms with Crippen molar-refractivity contribution >= 4 is 5.82 Å². The Morgan fingerprint density at radius 1 is 1.37 bits per heavy atom. The largest absolute Gasteiger partial charge is 0.392 e. The summed E-state index contributed by atoms with van der Waals surface area (Å²) in [4.78, 5) is 9.46. The molecule has 1 aromatic rings. The molecule has 1 aliphatic heterocycles. The maximum absolute atomic E-state index is 9.29. The van der Waals surface area contributed by atoms with Crippen molar-refractivity contribution in [2.24, 2.45) is 0 Å². The minimum atomic E-state index is 0.0870. The van der Waals surface area contributed by atoms with E-state index in [1.165, 1.54) is 6.42 Å². The second-order valence-electron chi connectivity index (χ2n) is 5.24. The van der Waals surface area contributed by atoms with Gasteiger partial charge in [-0.05, 0) is 44.1 Å². The summed E-state index contributed by atoms with van der Waals surface area (Å²) < 4.78 is 0. The lowest BCUT2D eigenvalue weighted by Crippen LogP contribution is -2.37. The minimum absolute atomic E-state index is 0.0870. The van der Waals surface area contributed by atoms with Crippen LogP contribution in [0.1, 0.15) is 31.5 Å². The van der Waals surface area contributed by atoms with Crippen LogP contribution in [0.15, 0.2) is 12.1 Å². The molecule has 0 saturated carbocycles. The molecule has 1 atom stereocenters. The molecule has 1 unspecified atom stereocenters. The second kappa shape index (κ2) is 6.35. The molecule has 4 heteroatoms. The first-order valence-electron chi connectivity index (χ1n) is 7.25. The third kappa shape index (κ3) is 3.25. The number of aromatic nitrogens is 1. The third-order valence-electron chi connectivity index (χ3n) is 4.00. The van der Waals surface area contributed by atoms with E-state index in [0.717, 1.165) is 43.3 Å². The van der Waals surface area contributed by atoms with Gasteiger partial charge in [0.05, 0.1) is 6.61 Å². The molecule has 19 heavy (non-hydrogen) atoms. The van der Waals surface area contributed by atoms with Crippen molar-refractivity contribution in [1.29, 1.82) is 0 Å². The van der Waals surface area contributed by atoms with E-state index in [2.05, 4.69) is 28.6 Å². The molecule has 1 N–H and O–H groups in total. The van der Waals surface area contributed by atoms with E-state index in [1.807, 2.05) is 19.1 Å². The van der Waals surface area contributed by atoms with Crippen LogP contribution in [0.3, 0.4) is 0 Å². The molecule has 0 aliphatic carbocycles. The van der Waals surface area contributed by atoms with Gasteiger partial charge in [-0.15, -0.1) is 0 Å². The number of hydrogen-bond acceptors (Lipinski definition) is 4. The zero-order chi connectivity index (χ0) is 13.8. The van der Waals surface area contributed by atoms with E-state index in [-0.39, 0.29) is 6.61 Å². The average Bonchev–Trinajstić information content (AvgIpc) is 2.89. The predicted octanol–water partition coefficient (Wildman–Crippen LogP) is 1.80. The van der Waals surface area contributed by atoms with Gasteiger partial charge in [-0.1, -0.05) is 13.8 Å². The van der Waals surface area contributed by atoms with Crippen LogP contribution in [0.5, 0.6) is 0 Å². The number of anilines is 1. The van der Waals surface area contributed by atoms with Crippen molar-refractivity contribution in [3.63, 3.8) is 0 Å². The highest BCUT2D eigenvalue weighted by Crippen LogP contribution is 2.22. The van der Waals surface area contributed by atoms with E-state index < -0.39 is 0 Å². The number of rotatable bonds is 5. The Labute approximate surface area is 116 Å². The fourth-order valence-corrected chi connectivity index (χ4v) is 2.96. The Kier molecular flexibility index (Phi) is 4.77.